The molecular formula is C18H28ClN3O. The van der Waals surface area contributed by atoms with Crippen LogP contribution in [0.2, 0.25) is 0 Å². The molecule has 23 heavy (non-hydrogen) atoms. The van der Waals surface area contributed by atoms with Crippen molar-refractivity contribution in [1.29, 1.82) is 0 Å². The zero-order valence-electron chi connectivity index (χ0n) is 13.7. The van der Waals surface area contributed by atoms with Crippen LogP contribution in [-0.4, -0.2) is 47.9 Å². The average molecular weight is 338 g/mol. The lowest BCUT2D eigenvalue weighted by Gasteiger charge is -2.37. The van der Waals surface area contributed by atoms with Crippen molar-refractivity contribution in [3.05, 3.63) is 35.4 Å². The van der Waals surface area contributed by atoms with Gasteiger partial charge >= 0.3 is 0 Å². The van der Waals surface area contributed by atoms with Crippen molar-refractivity contribution in [2.75, 3.05) is 26.2 Å². The summed E-state index contributed by atoms with van der Waals surface area (Å²) in [6.45, 7) is 3.94. The van der Waals surface area contributed by atoms with Crippen LogP contribution in [0.1, 0.15) is 36.8 Å². The van der Waals surface area contributed by atoms with Gasteiger partial charge in [0, 0.05) is 19.1 Å². The van der Waals surface area contributed by atoms with Gasteiger partial charge < -0.3 is 10.6 Å². The van der Waals surface area contributed by atoms with E-state index >= 15 is 0 Å². The molecule has 2 N–H and O–H groups in total. The van der Waals surface area contributed by atoms with Gasteiger partial charge in [-0.2, -0.15) is 0 Å². The Morgan fingerprint density at radius 3 is 2.74 bits per heavy atom. The first kappa shape index (κ1) is 18.2. The normalized spacial score (nSPS) is 21.4. The molecule has 1 fully saturated rings. The Hall–Kier alpha value is -1.10. The molecule has 4 nitrogen and oxygen atoms in total. The third kappa shape index (κ3) is 4.46. The van der Waals surface area contributed by atoms with E-state index in [1.165, 1.54) is 30.4 Å². The van der Waals surface area contributed by atoms with Gasteiger partial charge in [0.05, 0.1) is 6.54 Å². The van der Waals surface area contributed by atoms with Crippen molar-refractivity contribution in [3.63, 3.8) is 0 Å². The molecule has 128 valence electrons. The lowest BCUT2D eigenvalue weighted by molar-refractivity contribution is -0.134. The number of carbonyl (C=O) groups is 1. The summed E-state index contributed by atoms with van der Waals surface area (Å²) in [7, 11) is 0. The zero-order valence-corrected chi connectivity index (χ0v) is 14.6. The summed E-state index contributed by atoms with van der Waals surface area (Å²) in [4.78, 5) is 17.1. The first-order valence-electron chi connectivity index (χ1n) is 8.56. The number of nitrogens with zero attached hydrogens (tertiary/aromatic N) is 2. The minimum atomic E-state index is 0. The minimum absolute atomic E-state index is 0. The first-order valence-corrected chi connectivity index (χ1v) is 8.56. The van der Waals surface area contributed by atoms with Crippen LogP contribution < -0.4 is 5.73 Å². The predicted molar refractivity (Wildman–Crippen MR) is 95.7 cm³/mol. The van der Waals surface area contributed by atoms with Gasteiger partial charge in [-0.25, -0.2) is 0 Å². The molecule has 1 aromatic rings. The van der Waals surface area contributed by atoms with Crippen molar-refractivity contribution in [2.24, 2.45) is 5.73 Å². The lowest BCUT2D eigenvalue weighted by atomic mass is 9.98. The van der Waals surface area contributed by atoms with Gasteiger partial charge in [0.25, 0.3) is 0 Å². The van der Waals surface area contributed by atoms with Crippen LogP contribution in [0.5, 0.6) is 0 Å². The summed E-state index contributed by atoms with van der Waals surface area (Å²) in [6.07, 6.45) is 5.65. The summed E-state index contributed by atoms with van der Waals surface area (Å²) in [5.74, 6) is 0.276. The molecule has 0 spiro atoms. The van der Waals surface area contributed by atoms with Gasteiger partial charge in [-0.3, -0.25) is 9.69 Å². The second kappa shape index (κ2) is 8.67. The smallest absolute Gasteiger partial charge is 0.237 e. The minimum Gasteiger partial charge on any atom is -0.337 e. The van der Waals surface area contributed by atoms with Crippen LogP contribution in [0.15, 0.2) is 24.3 Å². The van der Waals surface area contributed by atoms with E-state index in [9.17, 15) is 4.79 Å². The summed E-state index contributed by atoms with van der Waals surface area (Å²) in [5, 5.41) is 0. The number of fused-ring (bicyclic) bond motifs is 1. The third-order valence-corrected chi connectivity index (χ3v) is 5.07. The number of halogens is 1. The van der Waals surface area contributed by atoms with Gasteiger partial charge in [0.15, 0.2) is 0 Å². The van der Waals surface area contributed by atoms with Crippen molar-refractivity contribution in [3.8, 4) is 0 Å². The van der Waals surface area contributed by atoms with E-state index < -0.39 is 0 Å². The number of amides is 1. The van der Waals surface area contributed by atoms with Gasteiger partial charge in [0.2, 0.25) is 5.91 Å². The fourth-order valence-corrected chi connectivity index (χ4v) is 3.77. The average Bonchev–Trinajstić information content (AvgIpc) is 2.56. The SMILES string of the molecule is Cl.NCCC1CCCCN1CC(=O)N1CCc2ccccc2C1. The Labute approximate surface area is 145 Å². The number of hydrogen-bond donors (Lipinski definition) is 1. The second-order valence-electron chi connectivity index (χ2n) is 6.53. The maximum absolute atomic E-state index is 12.7. The van der Waals surface area contributed by atoms with Crippen LogP contribution >= 0.6 is 12.4 Å². The maximum atomic E-state index is 12.7. The lowest BCUT2D eigenvalue weighted by Crippen LogP contribution is -2.48. The zero-order chi connectivity index (χ0) is 15.4. The molecular weight excluding hydrogens is 310 g/mol. The number of carbonyl (C=O) groups excluding carboxylic acids is 1. The van der Waals surface area contributed by atoms with E-state index in [4.69, 9.17) is 5.73 Å². The van der Waals surface area contributed by atoms with E-state index in [0.29, 0.717) is 19.1 Å². The molecule has 0 aromatic heterocycles. The molecule has 1 amide bonds. The predicted octanol–water partition coefficient (Wildman–Crippen LogP) is 2.20. The highest BCUT2D eigenvalue weighted by atomic mass is 35.5. The van der Waals surface area contributed by atoms with Crippen LogP contribution in [0.4, 0.5) is 0 Å². The molecule has 0 radical (unpaired) electrons. The van der Waals surface area contributed by atoms with Crippen molar-refractivity contribution in [1.82, 2.24) is 9.80 Å². The molecule has 1 aromatic carbocycles. The van der Waals surface area contributed by atoms with Crippen molar-refractivity contribution in [2.45, 2.75) is 44.7 Å². The van der Waals surface area contributed by atoms with Crippen LogP contribution in [0, 0.1) is 0 Å². The van der Waals surface area contributed by atoms with Gasteiger partial charge in [0.1, 0.15) is 0 Å². The van der Waals surface area contributed by atoms with Gasteiger partial charge in [-0.1, -0.05) is 30.7 Å². The largest absolute Gasteiger partial charge is 0.337 e. The Morgan fingerprint density at radius 1 is 1.17 bits per heavy atom. The molecule has 1 atom stereocenters. The van der Waals surface area contributed by atoms with Crippen LogP contribution in [-0.2, 0) is 17.8 Å². The van der Waals surface area contributed by atoms with Crippen LogP contribution in [0.25, 0.3) is 0 Å². The fourth-order valence-electron chi connectivity index (χ4n) is 3.77. The summed E-state index contributed by atoms with van der Waals surface area (Å²) in [5.41, 5.74) is 8.43. The second-order valence-corrected chi connectivity index (χ2v) is 6.53. The summed E-state index contributed by atoms with van der Waals surface area (Å²) in [6, 6.07) is 8.97. The molecule has 1 unspecified atom stereocenters. The third-order valence-electron chi connectivity index (χ3n) is 5.07. The van der Waals surface area contributed by atoms with E-state index in [1.807, 2.05) is 4.90 Å². The van der Waals surface area contributed by atoms with Crippen LogP contribution in [0.3, 0.4) is 0 Å². The number of hydrogen-bond acceptors (Lipinski definition) is 3. The van der Waals surface area contributed by atoms with Gasteiger partial charge in [-0.05, 0) is 49.9 Å². The highest BCUT2D eigenvalue weighted by Gasteiger charge is 2.27. The number of likely N-dealkylation sites (tertiary alicyclic amines) is 1. The van der Waals surface area contributed by atoms with E-state index in [2.05, 4.69) is 29.2 Å². The van der Waals surface area contributed by atoms with Gasteiger partial charge in [-0.15, -0.1) is 12.4 Å². The topological polar surface area (TPSA) is 49.6 Å². The quantitative estimate of drug-likeness (QED) is 0.916. The molecule has 2 aliphatic heterocycles. The number of piperidine rings is 1. The molecule has 0 saturated carbocycles. The number of nitrogens with two attached hydrogens (primary N) is 1. The molecule has 2 heterocycles. The highest BCUT2D eigenvalue weighted by molar-refractivity contribution is 5.85. The molecule has 1 saturated heterocycles. The Balaban J connectivity index is 0.00000192. The molecule has 0 aliphatic carbocycles. The van der Waals surface area contributed by atoms with Crippen molar-refractivity contribution >= 4 is 18.3 Å². The monoisotopic (exact) mass is 337 g/mol. The Kier molecular flexibility index (Phi) is 6.88. The molecule has 0 bridgehead atoms. The number of rotatable bonds is 4. The van der Waals surface area contributed by atoms with Crippen molar-refractivity contribution < 1.29 is 4.79 Å². The maximum Gasteiger partial charge on any atom is 0.237 e. The van der Waals surface area contributed by atoms with E-state index in [0.717, 1.165) is 32.5 Å². The molecule has 5 heteroatoms. The van der Waals surface area contributed by atoms with E-state index in [-0.39, 0.29) is 18.3 Å². The highest BCUT2D eigenvalue weighted by Crippen LogP contribution is 2.21. The molecule has 3 rings (SSSR count). The fraction of sp³-hybridized carbons (Fsp3) is 0.611. The Morgan fingerprint density at radius 2 is 1.96 bits per heavy atom. The standard InChI is InChI=1S/C18H27N3O.ClH/c19-10-8-17-7-3-4-11-20(17)14-18(22)21-12-9-15-5-1-2-6-16(15)13-21;/h1-2,5-6,17H,3-4,7-14,19H2;1H. The summed E-state index contributed by atoms with van der Waals surface area (Å²) < 4.78 is 0. The first-order chi connectivity index (χ1) is 10.8. The van der Waals surface area contributed by atoms with E-state index in [1.54, 1.807) is 0 Å². The Bertz CT molecular complexity index is 521. The summed E-state index contributed by atoms with van der Waals surface area (Å²) >= 11 is 0. The number of benzene rings is 1. The molecule has 2 aliphatic rings.